The second-order valence-electron chi connectivity index (χ2n) is 6.68. The molecule has 1 saturated heterocycles. The second kappa shape index (κ2) is 9.63. The molecule has 1 aliphatic heterocycles. The van der Waals surface area contributed by atoms with E-state index in [0.29, 0.717) is 21.4 Å². The molecule has 0 bridgehead atoms. The second-order valence-corrected chi connectivity index (χ2v) is 7.91. The molecule has 2 N–H and O–H groups in total. The first-order valence-corrected chi connectivity index (χ1v) is 10.2. The van der Waals surface area contributed by atoms with Crippen LogP contribution in [0.3, 0.4) is 0 Å². The highest BCUT2D eigenvalue weighted by molar-refractivity contribution is 7.80. The number of hydrogen-bond donors (Lipinski definition) is 2. The Kier molecular flexibility index (Phi) is 7.18. The van der Waals surface area contributed by atoms with Gasteiger partial charge in [-0.2, -0.15) is 0 Å². The van der Waals surface area contributed by atoms with Crippen molar-refractivity contribution >= 4 is 57.8 Å². The lowest BCUT2D eigenvalue weighted by molar-refractivity contribution is 0.0977. The molecule has 0 aromatic heterocycles. The van der Waals surface area contributed by atoms with Gasteiger partial charge in [-0.3, -0.25) is 10.1 Å². The normalized spacial score (nSPS) is 14.4. The lowest BCUT2D eigenvalue weighted by Crippen LogP contribution is -2.45. The van der Waals surface area contributed by atoms with Crippen LogP contribution in [0.15, 0.2) is 36.4 Å². The SMILES string of the molecule is COc1ccc(C(=O)NC(=S)Nc2cccc(Cl)c2N2CCN(C)CC2)cc1Cl. The molecular weight excluding hydrogens is 431 g/mol. The molecule has 1 heterocycles. The molecule has 29 heavy (non-hydrogen) atoms. The highest BCUT2D eigenvalue weighted by Gasteiger charge is 2.20. The first kappa shape index (κ1) is 21.6. The van der Waals surface area contributed by atoms with Gasteiger partial charge in [-0.1, -0.05) is 29.3 Å². The van der Waals surface area contributed by atoms with Crippen molar-refractivity contribution < 1.29 is 9.53 Å². The molecule has 3 rings (SSSR count). The third kappa shape index (κ3) is 5.30. The number of carbonyl (C=O) groups is 1. The number of likely N-dealkylation sites (N-methyl/N-ethyl adjacent to an activating group) is 1. The van der Waals surface area contributed by atoms with Gasteiger partial charge in [0, 0.05) is 31.7 Å². The van der Waals surface area contributed by atoms with E-state index in [2.05, 4.69) is 27.5 Å². The van der Waals surface area contributed by atoms with E-state index in [1.165, 1.54) is 13.2 Å². The van der Waals surface area contributed by atoms with Crippen molar-refractivity contribution in [1.29, 1.82) is 0 Å². The van der Waals surface area contributed by atoms with Crippen LogP contribution in [0.4, 0.5) is 11.4 Å². The molecule has 0 spiro atoms. The van der Waals surface area contributed by atoms with Crippen molar-refractivity contribution in [3.63, 3.8) is 0 Å². The molecule has 154 valence electrons. The Bertz CT molecular complexity index is 917. The maximum absolute atomic E-state index is 12.5. The summed E-state index contributed by atoms with van der Waals surface area (Å²) in [6.07, 6.45) is 0. The first-order chi connectivity index (χ1) is 13.9. The van der Waals surface area contributed by atoms with Gasteiger partial charge in [0.1, 0.15) is 5.75 Å². The zero-order chi connectivity index (χ0) is 21.0. The Labute approximate surface area is 185 Å². The lowest BCUT2D eigenvalue weighted by atomic mass is 10.2. The number of piperazine rings is 1. The zero-order valence-corrected chi connectivity index (χ0v) is 18.5. The highest BCUT2D eigenvalue weighted by atomic mass is 35.5. The number of methoxy groups -OCH3 is 1. The van der Waals surface area contributed by atoms with Gasteiger partial charge in [0.15, 0.2) is 5.11 Å². The summed E-state index contributed by atoms with van der Waals surface area (Å²) in [6, 6.07) is 10.4. The standard InChI is InChI=1S/C20H22Cl2N4O2S/c1-25-8-10-26(11-9-25)18-14(21)4-3-5-16(18)23-20(29)24-19(27)13-6-7-17(28-2)15(22)12-13/h3-7,12H,8-11H2,1-2H3,(H2,23,24,27,29). The van der Waals surface area contributed by atoms with E-state index < -0.39 is 0 Å². The smallest absolute Gasteiger partial charge is 0.257 e. The van der Waals surface area contributed by atoms with Gasteiger partial charge in [0.25, 0.3) is 5.91 Å². The number of para-hydroxylation sites is 1. The molecule has 2 aromatic rings. The van der Waals surface area contributed by atoms with Gasteiger partial charge in [-0.05, 0) is 49.6 Å². The van der Waals surface area contributed by atoms with Gasteiger partial charge in [-0.15, -0.1) is 0 Å². The topological polar surface area (TPSA) is 56.8 Å². The number of ether oxygens (including phenoxy) is 1. The molecule has 9 heteroatoms. The number of thiocarbonyl (C=S) groups is 1. The van der Waals surface area contributed by atoms with Crippen LogP contribution in [0, 0.1) is 0 Å². The van der Waals surface area contributed by atoms with E-state index in [-0.39, 0.29) is 11.0 Å². The summed E-state index contributed by atoms with van der Waals surface area (Å²) < 4.78 is 5.11. The summed E-state index contributed by atoms with van der Waals surface area (Å²) in [4.78, 5) is 17.0. The summed E-state index contributed by atoms with van der Waals surface area (Å²) >= 11 is 17.9. The fourth-order valence-electron chi connectivity index (χ4n) is 3.10. The number of amides is 1. The fourth-order valence-corrected chi connectivity index (χ4v) is 3.86. The number of rotatable bonds is 4. The Morgan fingerprint density at radius 3 is 2.48 bits per heavy atom. The number of anilines is 2. The van der Waals surface area contributed by atoms with Gasteiger partial charge >= 0.3 is 0 Å². The highest BCUT2D eigenvalue weighted by Crippen LogP contribution is 2.34. The fraction of sp³-hybridized carbons (Fsp3) is 0.300. The van der Waals surface area contributed by atoms with Crippen molar-refractivity contribution in [3.8, 4) is 5.75 Å². The monoisotopic (exact) mass is 452 g/mol. The van der Waals surface area contributed by atoms with E-state index in [4.69, 9.17) is 40.2 Å². The van der Waals surface area contributed by atoms with E-state index >= 15 is 0 Å². The Morgan fingerprint density at radius 2 is 1.83 bits per heavy atom. The van der Waals surface area contributed by atoms with Gasteiger partial charge < -0.3 is 19.9 Å². The summed E-state index contributed by atoms with van der Waals surface area (Å²) in [6.45, 7) is 3.62. The third-order valence-corrected chi connectivity index (χ3v) is 5.50. The van der Waals surface area contributed by atoms with Crippen LogP contribution in [0.2, 0.25) is 10.0 Å². The maximum Gasteiger partial charge on any atom is 0.257 e. The van der Waals surface area contributed by atoms with Crippen molar-refractivity contribution in [1.82, 2.24) is 10.2 Å². The summed E-state index contributed by atoms with van der Waals surface area (Å²) in [5, 5.41) is 6.95. The van der Waals surface area contributed by atoms with Crippen LogP contribution in [-0.4, -0.2) is 56.3 Å². The predicted octanol–water partition coefficient (Wildman–Crippen LogP) is 3.88. The maximum atomic E-state index is 12.5. The molecule has 1 amide bonds. The van der Waals surface area contributed by atoms with E-state index in [1.54, 1.807) is 12.1 Å². The molecule has 0 unspecified atom stereocenters. The van der Waals surface area contributed by atoms with E-state index in [0.717, 1.165) is 37.6 Å². The van der Waals surface area contributed by atoms with E-state index in [9.17, 15) is 4.79 Å². The average molecular weight is 453 g/mol. The van der Waals surface area contributed by atoms with E-state index in [1.807, 2.05) is 18.2 Å². The largest absolute Gasteiger partial charge is 0.495 e. The number of halogens is 2. The number of benzene rings is 2. The minimum atomic E-state index is -0.366. The summed E-state index contributed by atoms with van der Waals surface area (Å²) in [7, 11) is 3.61. The molecule has 0 radical (unpaired) electrons. The Balaban J connectivity index is 1.71. The van der Waals surface area contributed by atoms with Crippen LogP contribution in [0.5, 0.6) is 5.75 Å². The average Bonchev–Trinajstić information content (AvgIpc) is 2.69. The molecule has 0 aliphatic carbocycles. The lowest BCUT2D eigenvalue weighted by Gasteiger charge is -2.35. The molecule has 0 saturated carbocycles. The van der Waals surface area contributed by atoms with Crippen molar-refractivity contribution in [2.75, 3.05) is 50.6 Å². The molecule has 1 aliphatic rings. The molecule has 6 nitrogen and oxygen atoms in total. The zero-order valence-electron chi connectivity index (χ0n) is 16.2. The quantitative estimate of drug-likeness (QED) is 0.686. The first-order valence-electron chi connectivity index (χ1n) is 9.07. The summed E-state index contributed by atoms with van der Waals surface area (Å²) in [5.74, 6) is 0.134. The number of nitrogens with zero attached hydrogens (tertiary/aromatic N) is 2. The van der Waals surface area contributed by atoms with Crippen molar-refractivity contribution in [2.45, 2.75) is 0 Å². The predicted molar refractivity (Wildman–Crippen MR) is 123 cm³/mol. The minimum absolute atomic E-state index is 0.180. The summed E-state index contributed by atoms with van der Waals surface area (Å²) in [5.41, 5.74) is 2.01. The molecule has 0 atom stereocenters. The van der Waals surface area contributed by atoms with Gasteiger partial charge in [0.05, 0.1) is 28.5 Å². The molecule has 1 fully saturated rings. The van der Waals surface area contributed by atoms with Gasteiger partial charge in [-0.25, -0.2) is 0 Å². The molecular formula is C20H22Cl2N4O2S. The third-order valence-electron chi connectivity index (χ3n) is 4.70. The van der Waals surface area contributed by atoms with Crippen LogP contribution in [0.25, 0.3) is 0 Å². The van der Waals surface area contributed by atoms with Crippen LogP contribution < -0.4 is 20.3 Å². The van der Waals surface area contributed by atoms with Gasteiger partial charge in [0.2, 0.25) is 0 Å². The number of hydrogen-bond acceptors (Lipinski definition) is 5. The van der Waals surface area contributed by atoms with Crippen LogP contribution in [-0.2, 0) is 0 Å². The van der Waals surface area contributed by atoms with Crippen molar-refractivity contribution in [2.24, 2.45) is 0 Å². The number of carbonyl (C=O) groups excluding carboxylic acids is 1. The minimum Gasteiger partial charge on any atom is -0.495 e. The Hall–Kier alpha value is -2.06. The number of nitrogens with one attached hydrogen (secondary N) is 2. The molecule has 2 aromatic carbocycles. The van der Waals surface area contributed by atoms with Crippen molar-refractivity contribution in [3.05, 3.63) is 52.0 Å². The van der Waals surface area contributed by atoms with Crippen LogP contribution >= 0.6 is 35.4 Å². The van der Waals surface area contributed by atoms with Crippen LogP contribution in [0.1, 0.15) is 10.4 Å². The Morgan fingerprint density at radius 1 is 1.10 bits per heavy atom.